The van der Waals surface area contributed by atoms with Gasteiger partial charge in [-0.25, -0.2) is 4.98 Å². The molecule has 0 amide bonds. The van der Waals surface area contributed by atoms with Gasteiger partial charge in [-0.1, -0.05) is 6.92 Å². The van der Waals surface area contributed by atoms with E-state index in [4.69, 9.17) is 4.74 Å². The van der Waals surface area contributed by atoms with Gasteiger partial charge in [0.2, 0.25) is 5.88 Å². The molecular weight excluding hydrogens is 178 g/mol. The topological polar surface area (TPSA) is 39.2 Å². The Labute approximate surface area is 84.1 Å². The number of carbonyl (C=O) groups is 1. The molecule has 0 aromatic carbocycles. The van der Waals surface area contributed by atoms with Crippen LogP contribution in [-0.2, 0) is 0 Å². The summed E-state index contributed by atoms with van der Waals surface area (Å²) < 4.78 is 5.23. The van der Waals surface area contributed by atoms with Gasteiger partial charge in [0.1, 0.15) is 0 Å². The number of carbonyl (C=O) groups excluding carboxylic acids is 1. The smallest absolute Gasteiger partial charge is 0.213 e. The van der Waals surface area contributed by atoms with Crippen LogP contribution in [-0.4, -0.2) is 17.4 Å². The lowest BCUT2D eigenvalue weighted by Gasteiger charge is -2.06. The van der Waals surface area contributed by atoms with Gasteiger partial charge in [-0.3, -0.25) is 4.79 Å². The van der Waals surface area contributed by atoms with Crippen LogP contribution in [0.25, 0.3) is 0 Å². The Balaban J connectivity index is 2.95. The number of rotatable bonds is 4. The summed E-state index contributed by atoms with van der Waals surface area (Å²) in [5, 5.41) is 0. The minimum absolute atomic E-state index is 0.123. The largest absolute Gasteiger partial charge is 0.478 e. The highest BCUT2D eigenvalue weighted by atomic mass is 16.5. The molecule has 76 valence electrons. The Bertz CT molecular complexity index is 334. The Kier molecular flexibility index (Phi) is 3.63. The van der Waals surface area contributed by atoms with Crippen LogP contribution in [0.5, 0.6) is 5.88 Å². The third-order valence-electron chi connectivity index (χ3n) is 1.97. The highest BCUT2D eigenvalue weighted by molar-refractivity contribution is 5.96. The molecule has 3 heteroatoms. The summed E-state index contributed by atoms with van der Waals surface area (Å²) in [5.41, 5.74) is 1.43. The second-order valence-electron chi connectivity index (χ2n) is 2.99. The average Bonchev–Trinajstić information content (AvgIpc) is 2.17. The van der Waals surface area contributed by atoms with Crippen LogP contribution < -0.4 is 4.74 Å². The molecule has 0 N–H and O–H groups in total. The van der Waals surface area contributed by atoms with Gasteiger partial charge in [0, 0.05) is 18.1 Å². The highest BCUT2D eigenvalue weighted by Crippen LogP contribution is 2.13. The summed E-state index contributed by atoms with van der Waals surface area (Å²) in [6.45, 7) is 6.17. The van der Waals surface area contributed by atoms with Crippen LogP contribution in [0.3, 0.4) is 0 Å². The fourth-order valence-electron chi connectivity index (χ4n) is 1.25. The molecule has 1 heterocycles. The Morgan fingerprint density at radius 2 is 2.14 bits per heavy atom. The molecule has 14 heavy (non-hydrogen) atoms. The number of Topliss-reactive ketones (excluding diaryl/α,β-unsaturated/α-hetero) is 1. The van der Waals surface area contributed by atoms with Crippen LogP contribution in [0.2, 0.25) is 0 Å². The summed E-state index contributed by atoms with van der Waals surface area (Å²) in [6, 6.07) is 3.51. The molecule has 0 fully saturated rings. The molecular formula is C11H15NO2. The fraction of sp³-hybridized carbons (Fsp3) is 0.455. The monoisotopic (exact) mass is 193 g/mol. The normalized spacial score (nSPS) is 9.93. The number of hydrogen-bond donors (Lipinski definition) is 0. The van der Waals surface area contributed by atoms with Crippen molar-refractivity contribution in [3.63, 3.8) is 0 Å². The van der Waals surface area contributed by atoms with Crippen molar-refractivity contribution in [1.29, 1.82) is 0 Å². The van der Waals surface area contributed by atoms with E-state index in [0.717, 1.165) is 5.69 Å². The second-order valence-corrected chi connectivity index (χ2v) is 2.99. The zero-order valence-corrected chi connectivity index (χ0v) is 8.83. The lowest BCUT2D eigenvalue weighted by atomic mass is 10.1. The number of aryl methyl sites for hydroxylation is 1. The van der Waals surface area contributed by atoms with Gasteiger partial charge >= 0.3 is 0 Å². The molecule has 3 nitrogen and oxygen atoms in total. The standard InChI is InChI=1S/C11H15NO2/c1-4-10(13)9-6-7-11(14-5-2)12-8(9)3/h6-7H,4-5H2,1-3H3. The molecule has 0 aliphatic carbocycles. The highest BCUT2D eigenvalue weighted by Gasteiger charge is 2.08. The maximum absolute atomic E-state index is 11.4. The minimum Gasteiger partial charge on any atom is -0.478 e. The van der Waals surface area contributed by atoms with E-state index in [-0.39, 0.29) is 5.78 Å². The van der Waals surface area contributed by atoms with Crippen molar-refractivity contribution in [3.8, 4) is 5.88 Å². The molecule has 1 aromatic heterocycles. The predicted octanol–water partition coefficient (Wildman–Crippen LogP) is 2.38. The first-order valence-corrected chi connectivity index (χ1v) is 4.82. The van der Waals surface area contributed by atoms with Gasteiger partial charge in [-0.2, -0.15) is 0 Å². The van der Waals surface area contributed by atoms with E-state index in [1.54, 1.807) is 12.1 Å². The van der Waals surface area contributed by atoms with E-state index in [2.05, 4.69) is 4.98 Å². The Morgan fingerprint density at radius 3 is 2.64 bits per heavy atom. The Morgan fingerprint density at radius 1 is 1.43 bits per heavy atom. The van der Waals surface area contributed by atoms with Gasteiger partial charge in [-0.05, 0) is 19.9 Å². The van der Waals surface area contributed by atoms with Crippen molar-refractivity contribution < 1.29 is 9.53 Å². The van der Waals surface area contributed by atoms with E-state index in [1.165, 1.54) is 0 Å². The molecule has 0 bridgehead atoms. The minimum atomic E-state index is 0.123. The quantitative estimate of drug-likeness (QED) is 0.689. The number of hydrogen-bond acceptors (Lipinski definition) is 3. The van der Waals surface area contributed by atoms with Crippen LogP contribution in [0.4, 0.5) is 0 Å². The van der Waals surface area contributed by atoms with Crippen molar-refractivity contribution in [2.45, 2.75) is 27.2 Å². The summed E-state index contributed by atoms with van der Waals surface area (Å²) in [4.78, 5) is 15.6. The van der Waals surface area contributed by atoms with Crippen molar-refractivity contribution in [2.75, 3.05) is 6.61 Å². The SMILES string of the molecule is CCOc1ccc(C(=O)CC)c(C)n1. The van der Waals surface area contributed by atoms with Gasteiger partial charge in [0.05, 0.1) is 12.3 Å². The van der Waals surface area contributed by atoms with Gasteiger partial charge < -0.3 is 4.74 Å². The third-order valence-corrected chi connectivity index (χ3v) is 1.97. The summed E-state index contributed by atoms with van der Waals surface area (Å²) in [6.07, 6.45) is 0.510. The van der Waals surface area contributed by atoms with Crippen LogP contribution >= 0.6 is 0 Å². The Hall–Kier alpha value is -1.38. The number of ether oxygens (including phenoxy) is 1. The first-order chi connectivity index (χ1) is 6.69. The van der Waals surface area contributed by atoms with E-state index in [9.17, 15) is 4.79 Å². The first kappa shape index (κ1) is 10.7. The molecule has 0 aliphatic rings. The summed E-state index contributed by atoms with van der Waals surface area (Å²) in [7, 11) is 0. The predicted molar refractivity (Wildman–Crippen MR) is 54.8 cm³/mol. The van der Waals surface area contributed by atoms with E-state index >= 15 is 0 Å². The summed E-state index contributed by atoms with van der Waals surface area (Å²) in [5.74, 6) is 0.704. The fourth-order valence-corrected chi connectivity index (χ4v) is 1.25. The molecule has 0 saturated heterocycles. The van der Waals surface area contributed by atoms with E-state index in [0.29, 0.717) is 24.5 Å². The number of nitrogens with zero attached hydrogens (tertiary/aromatic N) is 1. The molecule has 0 saturated carbocycles. The first-order valence-electron chi connectivity index (χ1n) is 4.82. The average molecular weight is 193 g/mol. The van der Waals surface area contributed by atoms with Gasteiger partial charge in [0.25, 0.3) is 0 Å². The molecule has 0 aliphatic heterocycles. The molecule has 0 unspecified atom stereocenters. The zero-order valence-electron chi connectivity index (χ0n) is 8.83. The molecule has 0 atom stereocenters. The van der Waals surface area contributed by atoms with Crippen molar-refractivity contribution in [3.05, 3.63) is 23.4 Å². The number of aromatic nitrogens is 1. The number of pyridine rings is 1. The van der Waals surface area contributed by atoms with Gasteiger partial charge in [0.15, 0.2) is 5.78 Å². The maximum atomic E-state index is 11.4. The number of ketones is 1. The maximum Gasteiger partial charge on any atom is 0.213 e. The molecule has 0 spiro atoms. The zero-order chi connectivity index (χ0) is 10.6. The van der Waals surface area contributed by atoms with Crippen molar-refractivity contribution in [1.82, 2.24) is 4.98 Å². The van der Waals surface area contributed by atoms with E-state index in [1.807, 2.05) is 20.8 Å². The molecule has 1 aromatic rings. The van der Waals surface area contributed by atoms with E-state index < -0.39 is 0 Å². The lowest BCUT2D eigenvalue weighted by Crippen LogP contribution is -2.03. The second kappa shape index (κ2) is 4.74. The van der Waals surface area contributed by atoms with Crippen LogP contribution in [0.1, 0.15) is 36.3 Å². The third kappa shape index (κ3) is 2.31. The van der Waals surface area contributed by atoms with Crippen LogP contribution in [0, 0.1) is 6.92 Å². The van der Waals surface area contributed by atoms with Crippen molar-refractivity contribution in [2.24, 2.45) is 0 Å². The molecule has 1 rings (SSSR count). The lowest BCUT2D eigenvalue weighted by molar-refractivity contribution is 0.0987. The van der Waals surface area contributed by atoms with Gasteiger partial charge in [-0.15, -0.1) is 0 Å². The van der Waals surface area contributed by atoms with Crippen molar-refractivity contribution >= 4 is 5.78 Å². The summed E-state index contributed by atoms with van der Waals surface area (Å²) >= 11 is 0. The van der Waals surface area contributed by atoms with Crippen LogP contribution in [0.15, 0.2) is 12.1 Å². The molecule has 0 radical (unpaired) electrons.